The molecule has 40 heavy (non-hydrogen) atoms. The van der Waals surface area contributed by atoms with Crippen LogP contribution in [0.4, 0.5) is 0 Å². The van der Waals surface area contributed by atoms with E-state index in [1.54, 1.807) is 36.5 Å². The molecule has 0 aliphatic heterocycles. The van der Waals surface area contributed by atoms with Crippen molar-refractivity contribution in [2.75, 3.05) is 33.2 Å². The second-order valence-electron chi connectivity index (χ2n) is 9.94. The number of likely N-dealkylation sites (N-methyl/N-ethyl adjacent to an activating group) is 2. The van der Waals surface area contributed by atoms with Gasteiger partial charge in [-0.25, -0.2) is 0 Å². The third kappa shape index (κ3) is 7.63. The average Bonchev–Trinajstić information content (AvgIpc) is 3.62. The number of aliphatic hydroxyl groups is 1. The smallest absolute Gasteiger partial charge is 0.224 e. The minimum atomic E-state index is -0.781. The summed E-state index contributed by atoms with van der Waals surface area (Å²) in [4.78, 5) is 30.5. The Balaban J connectivity index is 1.54. The first kappa shape index (κ1) is 29.6. The van der Waals surface area contributed by atoms with E-state index in [1.165, 1.54) is 6.26 Å². The first-order valence-electron chi connectivity index (χ1n) is 13.6. The molecule has 0 radical (unpaired) electrons. The van der Waals surface area contributed by atoms with E-state index in [0.29, 0.717) is 59.4 Å². The maximum atomic E-state index is 13.5. The van der Waals surface area contributed by atoms with Gasteiger partial charge < -0.3 is 28.7 Å². The second-order valence-corrected chi connectivity index (χ2v) is 10.4. The van der Waals surface area contributed by atoms with Crippen LogP contribution in [-0.4, -0.2) is 58.6 Å². The van der Waals surface area contributed by atoms with Crippen molar-refractivity contribution in [1.29, 1.82) is 0 Å². The molecule has 0 bridgehead atoms. The van der Waals surface area contributed by atoms with Crippen LogP contribution in [0.25, 0.3) is 11.1 Å². The van der Waals surface area contributed by atoms with Gasteiger partial charge in [-0.05, 0) is 56.0 Å². The number of nitrogens with zero attached hydrogens (tertiary/aromatic N) is 3. The highest BCUT2D eigenvalue weighted by Crippen LogP contribution is 2.21. The Labute approximate surface area is 238 Å². The largest absolute Gasteiger partial charge is 0.467 e. The third-order valence-electron chi connectivity index (χ3n) is 6.96. The topological polar surface area (TPSA) is 104 Å². The third-order valence-corrected chi connectivity index (χ3v) is 7.21. The average molecular weight is 569 g/mol. The molecule has 0 fully saturated rings. The van der Waals surface area contributed by atoms with Crippen molar-refractivity contribution in [2.24, 2.45) is 0 Å². The monoisotopic (exact) mass is 568 g/mol. The van der Waals surface area contributed by atoms with E-state index in [-0.39, 0.29) is 17.8 Å². The number of pyridine rings is 1. The molecule has 3 heterocycles. The number of amides is 1. The van der Waals surface area contributed by atoms with Crippen molar-refractivity contribution < 1.29 is 18.7 Å². The quantitative estimate of drug-likeness (QED) is 0.235. The Morgan fingerprint density at radius 2 is 1.93 bits per heavy atom. The first-order chi connectivity index (χ1) is 19.3. The summed E-state index contributed by atoms with van der Waals surface area (Å²) in [6.45, 7) is 8.49. The molecule has 0 aliphatic carbocycles. The van der Waals surface area contributed by atoms with Gasteiger partial charge in [-0.15, -0.1) is 0 Å². The van der Waals surface area contributed by atoms with Gasteiger partial charge in [-0.1, -0.05) is 37.6 Å². The highest BCUT2D eigenvalue weighted by atomic mass is 35.5. The van der Waals surface area contributed by atoms with Crippen LogP contribution in [0.5, 0.6) is 0 Å². The molecule has 1 aromatic carbocycles. The minimum absolute atomic E-state index is 0.0383. The van der Waals surface area contributed by atoms with E-state index in [2.05, 4.69) is 24.1 Å². The van der Waals surface area contributed by atoms with Gasteiger partial charge in [0.2, 0.25) is 11.6 Å². The Morgan fingerprint density at radius 3 is 2.60 bits per heavy atom. The van der Waals surface area contributed by atoms with Gasteiger partial charge in [0.05, 0.1) is 24.6 Å². The van der Waals surface area contributed by atoms with E-state index in [1.807, 2.05) is 28.6 Å². The van der Waals surface area contributed by atoms with Crippen molar-refractivity contribution in [1.82, 2.24) is 19.7 Å². The molecule has 2 N–H and O–H groups in total. The summed E-state index contributed by atoms with van der Waals surface area (Å²) in [7, 11) is 1.86. The summed E-state index contributed by atoms with van der Waals surface area (Å²) < 4.78 is 13.4. The van der Waals surface area contributed by atoms with E-state index in [0.717, 1.165) is 25.2 Å². The number of halogens is 1. The van der Waals surface area contributed by atoms with Crippen LogP contribution in [0, 0.1) is 0 Å². The number of aromatic nitrogens is 1. The molecule has 10 heteroatoms. The molecule has 0 saturated carbocycles. The molecule has 0 unspecified atom stereocenters. The number of carbonyl (C=O) groups excluding carboxylic acids is 1. The van der Waals surface area contributed by atoms with E-state index in [9.17, 15) is 14.7 Å². The van der Waals surface area contributed by atoms with Crippen LogP contribution in [0.2, 0.25) is 5.02 Å². The Morgan fingerprint density at radius 1 is 1.18 bits per heavy atom. The number of benzene rings is 1. The van der Waals surface area contributed by atoms with Crippen molar-refractivity contribution in [3.63, 3.8) is 0 Å². The van der Waals surface area contributed by atoms with Gasteiger partial charge >= 0.3 is 0 Å². The Hall–Kier alpha value is -3.37. The molecule has 1 amide bonds. The summed E-state index contributed by atoms with van der Waals surface area (Å²) in [6.07, 6.45) is 2.45. The van der Waals surface area contributed by atoms with Gasteiger partial charge in [0, 0.05) is 43.0 Å². The van der Waals surface area contributed by atoms with E-state index < -0.39 is 6.10 Å². The number of hydrogen-bond acceptors (Lipinski definition) is 7. The molecule has 3 aromatic heterocycles. The predicted octanol–water partition coefficient (Wildman–Crippen LogP) is 4.21. The predicted molar refractivity (Wildman–Crippen MR) is 155 cm³/mol. The van der Waals surface area contributed by atoms with Gasteiger partial charge in [0.1, 0.15) is 17.6 Å². The number of aliphatic hydroxyl groups excluding tert-OH is 1. The Kier molecular flexibility index (Phi) is 10.2. The van der Waals surface area contributed by atoms with Crippen LogP contribution >= 0.6 is 11.6 Å². The SMILES string of the molecule is CCN(CC)CCn1cc(CC(=O)NCc2ccc(Cl)cc2)c(=O)c2cc(CN(C)C[C@@H](O)c3ccco3)oc21. The normalized spacial score (nSPS) is 12.5. The van der Waals surface area contributed by atoms with Gasteiger partial charge in [0.25, 0.3) is 0 Å². The molecule has 0 saturated heterocycles. The lowest BCUT2D eigenvalue weighted by atomic mass is 10.1. The number of nitrogens with one attached hydrogen (secondary N) is 1. The minimum Gasteiger partial charge on any atom is -0.467 e. The summed E-state index contributed by atoms with van der Waals surface area (Å²) >= 11 is 5.95. The van der Waals surface area contributed by atoms with Crippen LogP contribution in [-0.2, 0) is 30.8 Å². The fourth-order valence-electron chi connectivity index (χ4n) is 4.68. The molecule has 214 valence electrons. The summed E-state index contributed by atoms with van der Waals surface area (Å²) in [6, 6.07) is 12.5. The number of rotatable bonds is 14. The lowest BCUT2D eigenvalue weighted by Crippen LogP contribution is -2.29. The summed E-state index contributed by atoms with van der Waals surface area (Å²) in [5.41, 5.74) is 1.60. The molecule has 4 aromatic rings. The zero-order valence-corrected chi connectivity index (χ0v) is 24.0. The van der Waals surface area contributed by atoms with E-state index >= 15 is 0 Å². The lowest BCUT2D eigenvalue weighted by molar-refractivity contribution is -0.120. The number of carbonyl (C=O) groups is 1. The van der Waals surface area contributed by atoms with E-state index in [4.69, 9.17) is 20.4 Å². The molecular formula is C30H37ClN4O5. The molecule has 4 rings (SSSR count). The molecule has 1 atom stereocenters. The second kappa shape index (κ2) is 13.8. The van der Waals surface area contributed by atoms with Crippen molar-refractivity contribution >= 4 is 28.6 Å². The van der Waals surface area contributed by atoms with Crippen LogP contribution in [0.15, 0.2) is 68.6 Å². The van der Waals surface area contributed by atoms with Crippen LogP contribution in [0.3, 0.4) is 0 Å². The number of furan rings is 2. The zero-order valence-electron chi connectivity index (χ0n) is 23.2. The summed E-state index contributed by atoms with van der Waals surface area (Å²) in [5.74, 6) is 0.853. The lowest BCUT2D eigenvalue weighted by Gasteiger charge is -2.19. The fraction of sp³-hybridized carbons (Fsp3) is 0.400. The number of fused-ring (bicyclic) bond motifs is 1. The van der Waals surface area contributed by atoms with Gasteiger partial charge in [-0.3, -0.25) is 14.5 Å². The maximum absolute atomic E-state index is 13.5. The summed E-state index contributed by atoms with van der Waals surface area (Å²) in [5, 5.41) is 14.4. The van der Waals surface area contributed by atoms with Crippen molar-refractivity contribution in [2.45, 2.75) is 46.0 Å². The van der Waals surface area contributed by atoms with Gasteiger partial charge in [0.15, 0.2) is 5.43 Å². The van der Waals surface area contributed by atoms with Gasteiger partial charge in [-0.2, -0.15) is 0 Å². The van der Waals surface area contributed by atoms with Crippen molar-refractivity contribution in [3.8, 4) is 0 Å². The zero-order chi connectivity index (χ0) is 28.6. The van der Waals surface area contributed by atoms with Crippen LogP contribution in [0.1, 0.15) is 42.6 Å². The standard InChI is InChI=1S/C30H37ClN4O5/c1-4-34(5-2)12-13-35-18-22(15-28(37)32-17-21-8-10-23(31)11-9-21)29(38)25-16-24(40-30(25)35)19-33(3)20-26(36)27-7-6-14-39-27/h6-11,14,16,18,26,36H,4-5,12-13,15,17,19-20H2,1-3H3,(H,32,37)/t26-/m1/s1. The van der Waals surface area contributed by atoms with Crippen molar-refractivity contribution in [3.05, 3.63) is 92.8 Å². The highest BCUT2D eigenvalue weighted by Gasteiger charge is 2.19. The molecule has 9 nitrogen and oxygen atoms in total. The molecule has 0 spiro atoms. The first-order valence-corrected chi connectivity index (χ1v) is 13.9. The Bertz CT molecular complexity index is 1440. The molecule has 0 aliphatic rings. The molecular weight excluding hydrogens is 532 g/mol. The number of hydrogen-bond donors (Lipinski definition) is 2. The van der Waals surface area contributed by atoms with Crippen LogP contribution < -0.4 is 10.7 Å². The highest BCUT2D eigenvalue weighted by molar-refractivity contribution is 6.30. The maximum Gasteiger partial charge on any atom is 0.224 e. The fourth-order valence-corrected chi connectivity index (χ4v) is 4.81.